The van der Waals surface area contributed by atoms with Crippen LogP contribution in [-0.4, -0.2) is 54.4 Å². The quantitative estimate of drug-likeness (QED) is 0.337. The molecule has 2 fully saturated rings. The van der Waals surface area contributed by atoms with Crippen molar-refractivity contribution in [3.05, 3.63) is 89.1 Å². The van der Waals surface area contributed by atoms with Crippen LogP contribution in [0, 0.1) is 5.92 Å². The maximum atomic E-state index is 12.8. The van der Waals surface area contributed by atoms with Gasteiger partial charge in [0.15, 0.2) is 0 Å². The average molecular weight is 509 g/mol. The number of amides is 1. The molecule has 1 saturated carbocycles. The first kappa shape index (κ1) is 24.4. The maximum Gasteiger partial charge on any atom is 0.228 e. The average Bonchev–Trinajstić information content (AvgIpc) is 3.66. The van der Waals surface area contributed by atoms with Gasteiger partial charge in [0.25, 0.3) is 0 Å². The minimum absolute atomic E-state index is 0.0124. The standard InChI is InChI=1S/C31H32N4O3/c1-37-25-9-7-24(8-10-25)32-31(36)28-19-27(28)23-6-11-26-29(33-34-30(26)18-23)12-5-21-3-2-4-22(17-21)20-35-13-15-38-16-14-35/h2-12,17-18,27-28H,13-16,19-20H2,1H3,(H,32,36)(H,33,34)/b12-5+/t27-,28+/m0/s1. The predicted molar refractivity (Wildman–Crippen MR) is 150 cm³/mol. The number of H-pyrrole nitrogens is 1. The van der Waals surface area contributed by atoms with E-state index in [4.69, 9.17) is 9.47 Å². The normalized spacial score (nSPS) is 19.6. The minimum atomic E-state index is -0.0124. The molecule has 0 bridgehead atoms. The highest BCUT2D eigenvalue weighted by Gasteiger charge is 2.44. The number of aromatic nitrogens is 2. The van der Waals surface area contributed by atoms with Gasteiger partial charge in [-0.3, -0.25) is 14.8 Å². The Bertz CT molecular complexity index is 1450. The van der Waals surface area contributed by atoms with Crippen molar-refractivity contribution in [1.82, 2.24) is 15.1 Å². The molecule has 1 saturated heterocycles. The number of nitrogens with zero attached hydrogens (tertiary/aromatic N) is 2. The summed E-state index contributed by atoms with van der Waals surface area (Å²) in [5, 5.41) is 11.8. The van der Waals surface area contributed by atoms with Crippen LogP contribution in [0.15, 0.2) is 66.7 Å². The summed E-state index contributed by atoms with van der Waals surface area (Å²) < 4.78 is 10.6. The second-order valence-electron chi connectivity index (χ2n) is 10.0. The van der Waals surface area contributed by atoms with E-state index >= 15 is 0 Å². The third-order valence-electron chi connectivity index (χ3n) is 7.42. The molecule has 1 aliphatic heterocycles. The first-order valence-electron chi connectivity index (χ1n) is 13.2. The second-order valence-corrected chi connectivity index (χ2v) is 10.0. The second kappa shape index (κ2) is 10.8. The Morgan fingerprint density at radius 2 is 1.95 bits per heavy atom. The van der Waals surface area contributed by atoms with E-state index in [1.54, 1.807) is 7.11 Å². The largest absolute Gasteiger partial charge is 0.497 e. The summed E-state index contributed by atoms with van der Waals surface area (Å²) >= 11 is 0. The Balaban J connectivity index is 1.10. The van der Waals surface area contributed by atoms with Crippen LogP contribution < -0.4 is 10.1 Å². The van der Waals surface area contributed by atoms with Crippen LogP contribution in [-0.2, 0) is 16.1 Å². The molecule has 1 aromatic heterocycles. The summed E-state index contributed by atoms with van der Waals surface area (Å²) in [6, 6.07) is 22.4. The summed E-state index contributed by atoms with van der Waals surface area (Å²) in [5.74, 6) is 1.05. The fourth-order valence-electron chi connectivity index (χ4n) is 5.17. The van der Waals surface area contributed by atoms with Gasteiger partial charge < -0.3 is 14.8 Å². The van der Waals surface area contributed by atoms with Crippen molar-refractivity contribution in [2.75, 3.05) is 38.7 Å². The number of anilines is 1. The molecule has 1 aliphatic carbocycles. The molecule has 194 valence electrons. The van der Waals surface area contributed by atoms with Gasteiger partial charge in [0.1, 0.15) is 5.75 Å². The molecule has 38 heavy (non-hydrogen) atoms. The number of nitrogens with one attached hydrogen (secondary N) is 2. The lowest BCUT2D eigenvalue weighted by atomic mass is 10.1. The number of benzene rings is 3. The first-order chi connectivity index (χ1) is 18.7. The Hall–Kier alpha value is -3.94. The monoisotopic (exact) mass is 508 g/mol. The van der Waals surface area contributed by atoms with Gasteiger partial charge in [-0.05, 0) is 65.4 Å². The zero-order chi connectivity index (χ0) is 25.9. The smallest absolute Gasteiger partial charge is 0.228 e. The molecule has 6 rings (SSSR count). The number of hydrogen-bond acceptors (Lipinski definition) is 5. The van der Waals surface area contributed by atoms with E-state index in [0.717, 1.165) is 72.9 Å². The number of fused-ring (bicyclic) bond motifs is 1. The van der Waals surface area contributed by atoms with Gasteiger partial charge >= 0.3 is 0 Å². The fraction of sp³-hybridized carbons (Fsp3) is 0.290. The maximum absolute atomic E-state index is 12.8. The number of carbonyl (C=O) groups is 1. The summed E-state index contributed by atoms with van der Waals surface area (Å²) in [6.45, 7) is 4.53. The summed E-state index contributed by atoms with van der Waals surface area (Å²) in [4.78, 5) is 15.2. The van der Waals surface area contributed by atoms with Crippen LogP contribution in [0.2, 0.25) is 0 Å². The number of rotatable bonds is 8. The van der Waals surface area contributed by atoms with E-state index in [-0.39, 0.29) is 17.7 Å². The van der Waals surface area contributed by atoms with Crippen molar-refractivity contribution in [3.63, 3.8) is 0 Å². The van der Waals surface area contributed by atoms with Crippen LogP contribution in [0.5, 0.6) is 5.75 Å². The molecule has 3 aromatic carbocycles. The number of hydrogen-bond donors (Lipinski definition) is 2. The number of aromatic amines is 1. The number of carbonyl (C=O) groups excluding carboxylic acids is 1. The van der Waals surface area contributed by atoms with Crippen LogP contribution in [0.1, 0.15) is 34.7 Å². The molecule has 2 N–H and O–H groups in total. The fourth-order valence-corrected chi connectivity index (χ4v) is 5.17. The topological polar surface area (TPSA) is 79.5 Å². The number of methoxy groups -OCH3 is 1. The van der Waals surface area contributed by atoms with Crippen LogP contribution in [0.3, 0.4) is 0 Å². The predicted octanol–water partition coefficient (Wildman–Crippen LogP) is 5.32. The van der Waals surface area contributed by atoms with Crippen molar-refractivity contribution >= 4 is 34.6 Å². The third-order valence-corrected chi connectivity index (χ3v) is 7.42. The zero-order valence-corrected chi connectivity index (χ0v) is 21.5. The molecule has 0 unspecified atom stereocenters. The van der Waals surface area contributed by atoms with Crippen molar-refractivity contribution < 1.29 is 14.3 Å². The van der Waals surface area contributed by atoms with E-state index in [0.29, 0.717) is 0 Å². The summed E-state index contributed by atoms with van der Waals surface area (Å²) in [7, 11) is 1.63. The molecular formula is C31H32N4O3. The van der Waals surface area contributed by atoms with E-state index < -0.39 is 0 Å². The molecule has 4 aromatic rings. The summed E-state index contributed by atoms with van der Waals surface area (Å²) in [6.07, 6.45) is 5.04. The Labute approximate surface area is 222 Å². The molecule has 2 aliphatic rings. The summed E-state index contributed by atoms with van der Waals surface area (Å²) in [5.41, 5.74) is 6.32. The number of morpholine rings is 1. The molecule has 0 spiro atoms. The zero-order valence-electron chi connectivity index (χ0n) is 21.5. The van der Waals surface area contributed by atoms with Gasteiger partial charge in [-0.15, -0.1) is 0 Å². The Kier molecular flexibility index (Phi) is 6.94. The van der Waals surface area contributed by atoms with Crippen molar-refractivity contribution in [2.24, 2.45) is 5.92 Å². The van der Waals surface area contributed by atoms with Crippen LogP contribution in [0.4, 0.5) is 5.69 Å². The lowest BCUT2D eigenvalue weighted by molar-refractivity contribution is -0.117. The Morgan fingerprint density at radius 1 is 1.11 bits per heavy atom. The highest BCUT2D eigenvalue weighted by atomic mass is 16.5. The van der Waals surface area contributed by atoms with Crippen molar-refractivity contribution in [3.8, 4) is 5.75 Å². The highest BCUT2D eigenvalue weighted by Crippen LogP contribution is 2.48. The van der Waals surface area contributed by atoms with Crippen molar-refractivity contribution in [1.29, 1.82) is 0 Å². The van der Waals surface area contributed by atoms with E-state index in [2.05, 4.69) is 75.0 Å². The molecule has 7 nitrogen and oxygen atoms in total. The van der Waals surface area contributed by atoms with Gasteiger partial charge in [-0.2, -0.15) is 5.10 Å². The molecule has 0 radical (unpaired) electrons. The van der Waals surface area contributed by atoms with Crippen LogP contribution in [0.25, 0.3) is 23.1 Å². The third kappa shape index (κ3) is 5.49. The Morgan fingerprint density at radius 3 is 2.76 bits per heavy atom. The van der Waals surface area contributed by atoms with E-state index in [9.17, 15) is 4.79 Å². The molecule has 7 heteroatoms. The molecule has 1 amide bonds. The van der Waals surface area contributed by atoms with Gasteiger partial charge in [-0.25, -0.2) is 0 Å². The van der Waals surface area contributed by atoms with E-state index in [1.807, 2.05) is 24.3 Å². The van der Waals surface area contributed by atoms with Crippen LogP contribution >= 0.6 is 0 Å². The SMILES string of the molecule is COc1ccc(NC(=O)[C@@H]2C[C@H]2c2ccc3c(/C=C/c4cccc(CN5CCOCC5)c4)n[nH]c3c2)cc1. The lowest BCUT2D eigenvalue weighted by Crippen LogP contribution is -2.35. The molecule has 2 atom stereocenters. The first-order valence-corrected chi connectivity index (χ1v) is 13.2. The lowest BCUT2D eigenvalue weighted by Gasteiger charge is -2.26. The van der Waals surface area contributed by atoms with E-state index in [1.165, 1.54) is 11.1 Å². The van der Waals surface area contributed by atoms with Crippen molar-refractivity contribution in [2.45, 2.75) is 18.9 Å². The molecule has 2 heterocycles. The minimum Gasteiger partial charge on any atom is -0.497 e. The number of ether oxygens (including phenoxy) is 2. The molecular weight excluding hydrogens is 476 g/mol. The highest BCUT2D eigenvalue weighted by molar-refractivity contribution is 5.96. The van der Waals surface area contributed by atoms with Gasteiger partial charge in [0.2, 0.25) is 5.91 Å². The van der Waals surface area contributed by atoms with Gasteiger partial charge in [0, 0.05) is 36.6 Å². The van der Waals surface area contributed by atoms with Gasteiger partial charge in [-0.1, -0.05) is 42.5 Å². The van der Waals surface area contributed by atoms with Gasteiger partial charge in [0.05, 0.1) is 31.5 Å².